The zero-order valence-electron chi connectivity index (χ0n) is 9.51. The van der Waals surface area contributed by atoms with Gasteiger partial charge in [-0.3, -0.25) is 0 Å². The summed E-state index contributed by atoms with van der Waals surface area (Å²) in [5, 5.41) is 13.4. The van der Waals surface area contributed by atoms with Gasteiger partial charge in [0.2, 0.25) is 0 Å². The molecule has 2 N–H and O–H groups in total. The molecule has 2 atom stereocenters. The SMILES string of the molecule is O[C@@H]1CN[C@H](c2ccccc2)c2ccccc21. The standard InChI is InChI=1S/C15H15NO/c17-14-10-16-15(11-6-2-1-3-7-11)13-9-5-4-8-12(13)14/h1-9,14-17H,10H2/t14-,15-/m1/s1. The lowest BCUT2D eigenvalue weighted by Crippen LogP contribution is -2.33. The van der Waals surface area contributed by atoms with Crippen LogP contribution in [0.15, 0.2) is 54.6 Å². The first-order valence-corrected chi connectivity index (χ1v) is 5.91. The van der Waals surface area contributed by atoms with Crippen molar-refractivity contribution in [3.8, 4) is 0 Å². The minimum atomic E-state index is -0.397. The minimum Gasteiger partial charge on any atom is -0.387 e. The maximum atomic E-state index is 9.96. The predicted octanol–water partition coefficient (Wildman–Crippen LogP) is 2.41. The number of fused-ring (bicyclic) bond motifs is 1. The fourth-order valence-corrected chi connectivity index (χ4v) is 2.47. The monoisotopic (exact) mass is 225 g/mol. The Morgan fingerprint density at radius 2 is 1.53 bits per heavy atom. The normalized spacial score (nSPS) is 23.1. The van der Waals surface area contributed by atoms with Gasteiger partial charge in [0.05, 0.1) is 12.1 Å². The quantitative estimate of drug-likeness (QED) is 0.781. The highest BCUT2D eigenvalue weighted by Crippen LogP contribution is 2.32. The second-order valence-corrected chi connectivity index (χ2v) is 4.40. The molecule has 0 saturated carbocycles. The number of benzene rings is 2. The van der Waals surface area contributed by atoms with Gasteiger partial charge >= 0.3 is 0 Å². The van der Waals surface area contributed by atoms with Gasteiger partial charge in [0, 0.05) is 6.54 Å². The molecule has 3 rings (SSSR count). The molecule has 0 spiro atoms. The van der Waals surface area contributed by atoms with Crippen molar-refractivity contribution in [2.24, 2.45) is 0 Å². The Kier molecular flexibility index (Phi) is 2.67. The molecule has 2 aromatic carbocycles. The number of nitrogens with one attached hydrogen (secondary N) is 1. The Morgan fingerprint density at radius 3 is 2.29 bits per heavy atom. The van der Waals surface area contributed by atoms with Crippen molar-refractivity contribution in [1.29, 1.82) is 0 Å². The Hall–Kier alpha value is -1.64. The molecule has 2 aromatic rings. The molecule has 0 saturated heterocycles. The number of aliphatic hydroxyl groups excluding tert-OH is 1. The summed E-state index contributed by atoms with van der Waals surface area (Å²) in [7, 11) is 0. The molecule has 0 amide bonds. The van der Waals surface area contributed by atoms with Crippen LogP contribution in [0.1, 0.15) is 28.8 Å². The molecule has 0 bridgehead atoms. The van der Waals surface area contributed by atoms with Crippen LogP contribution in [0, 0.1) is 0 Å². The topological polar surface area (TPSA) is 32.3 Å². The number of rotatable bonds is 1. The van der Waals surface area contributed by atoms with Crippen molar-refractivity contribution in [3.05, 3.63) is 71.3 Å². The highest BCUT2D eigenvalue weighted by molar-refractivity contribution is 5.40. The molecule has 17 heavy (non-hydrogen) atoms. The average Bonchev–Trinajstić information content (AvgIpc) is 2.41. The van der Waals surface area contributed by atoms with E-state index in [-0.39, 0.29) is 6.04 Å². The summed E-state index contributed by atoms with van der Waals surface area (Å²) in [5.41, 5.74) is 3.46. The van der Waals surface area contributed by atoms with E-state index in [1.807, 2.05) is 36.4 Å². The lowest BCUT2D eigenvalue weighted by Gasteiger charge is -2.30. The maximum Gasteiger partial charge on any atom is 0.0918 e. The predicted molar refractivity (Wildman–Crippen MR) is 67.7 cm³/mol. The molecule has 1 heterocycles. The van der Waals surface area contributed by atoms with Crippen LogP contribution in [0.4, 0.5) is 0 Å². The molecule has 0 radical (unpaired) electrons. The van der Waals surface area contributed by atoms with Gasteiger partial charge in [-0.15, -0.1) is 0 Å². The average molecular weight is 225 g/mol. The van der Waals surface area contributed by atoms with Gasteiger partial charge in [-0.1, -0.05) is 54.6 Å². The van der Waals surface area contributed by atoms with E-state index in [9.17, 15) is 5.11 Å². The van der Waals surface area contributed by atoms with Crippen LogP contribution in [0.2, 0.25) is 0 Å². The van der Waals surface area contributed by atoms with Crippen LogP contribution in [0.3, 0.4) is 0 Å². The molecule has 86 valence electrons. The van der Waals surface area contributed by atoms with E-state index < -0.39 is 6.10 Å². The summed E-state index contributed by atoms with van der Waals surface area (Å²) in [5.74, 6) is 0. The molecular formula is C15H15NO. The number of aliphatic hydroxyl groups is 1. The summed E-state index contributed by atoms with van der Waals surface area (Å²) in [6.45, 7) is 0.608. The molecule has 0 aliphatic carbocycles. The third-order valence-corrected chi connectivity index (χ3v) is 3.31. The Balaban J connectivity index is 2.07. The number of hydrogen-bond donors (Lipinski definition) is 2. The summed E-state index contributed by atoms with van der Waals surface area (Å²) < 4.78 is 0. The van der Waals surface area contributed by atoms with Gasteiger partial charge in [-0.2, -0.15) is 0 Å². The minimum absolute atomic E-state index is 0.191. The molecular weight excluding hydrogens is 210 g/mol. The van der Waals surface area contributed by atoms with E-state index in [4.69, 9.17) is 0 Å². The van der Waals surface area contributed by atoms with E-state index in [2.05, 4.69) is 23.5 Å². The van der Waals surface area contributed by atoms with E-state index >= 15 is 0 Å². The van der Waals surface area contributed by atoms with Crippen LogP contribution in [0.25, 0.3) is 0 Å². The Morgan fingerprint density at radius 1 is 0.882 bits per heavy atom. The van der Waals surface area contributed by atoms with E-state index in [0.717, 1.165) is 5.56 Å². The smallest absolute Gasteiger partial charge is 0.0918 e. The van der Waals surface area contributed by atoms with Gasteiger partial charge in [0.15, 0.2) is 0 Å². The van der Waals surface area contributed by atoms with Crippen molar-refractivity contribution >= 4 is 0 Å². The highest BCUT2D eigenvalue weighted by Gasteiger charge is 2.25. The van der Waals surface area contributed by atoms with Gasteiger partial charge < -0.3 is 10.4 Å². The fourth-order valence-electron chi connectivity index (χ4n) is 2.47. The number of hydrogen-bond acceptors (Lipinski definition) is 2. The summed E-state index contributed by atoms with van der Waals surface area (Å²) in [6, 6.07) is 18.6. The van der Waals surface area contributed by atoms with E-state index in [1.54, 1.807) is 0 Å². The third kappa shape index (κ3) is 1.86. The van der Waals surface area contributed by atoms with Gasteiger partial charge in [-0.25, -0.2) is 0 Å². The van der Waals surface area contributed by atoms with Gasteiger partial charge in [0.1, 0.15) is 0 Å². The molecule has 0 unspecified atom stereocenters. The largest absolute Gasteiger partial charge is 0.387 e. The maximum absolute atomic E-state index is 9.96. The molecule has 0 aromatic heterocycles. The van der Waals surface area contributed by atoms with Crippen LogP contribution in [-0.4, -0.2) is 11.7 Å². The van der Waals surface area contributed by atoms with Crippen LogP contribution < -0.4 is 5.32 Å². The molecule has 2 heteroatoms. The lowest BCUT2D eigenvalue weighted by molar-refractivity contribution is 0.160. The third-order valence-electron chi connectivity index (χ3n) is 3.31. The molecule has 1 aliphatic rings. The van der Waals surface area contributed by atoms with Gasteiger partial charge in [0.25, 0.3) is 0 Å². The van der Waals surface area contributed by atoms with Gasteiger partial charge in [-0.05, 0) is 16.7 Å². The Labute approximate surface area is 101 Å². The summed E-state index contributed by atoms with van der Waals surface area (Å²) in [6.07, 6.45) is -0.397. The number of β-amino-alcohol motifs (C(OH)–C–C–N with tert-alkyl or cyclic N) is 1. The van der Waals surface area contributed by atoms with Crippen molar-refractivity contribution in [2.45, 2.75) is 12.1 Å². The van der Waals surface area contributed by atoms with Crippen LogP contribution >= 0.6 is 0 Å². The lowest BCUT2D eigenvalue weighted by atomic mass is 9.89. The zero-order chi connectivity index (χ0) is 11.7. The molecule has 1 aliphatic heterocycles. The summed E-state index contributed by atoms with van der Waals surface area (Å²) in [4.78, 5) is 0. The van der Waals surface area contributed by atoms with Crippen molar-refractivity contribution in [1.82, 2.24) is 5.32 Å². The summed E-state index contributed by atoms with van der Waals surface area (Å²) >= 11 is 0. The second-order valence-electron chi connectivity index (χ2n) is 4.40. The zero-order valence-corrected chi connectivity index (χ0v) is 9.51. The Bertz CT molecular complexity index is 509. The van der Waals surface area contributed by atoms with Crippen molar-refractivity contribution < 1.29 is 5.11 Å². The first-order chi connectivity index (χ1) is 8.36. The highest BCUT2D eigenvalue weighted by atomic mass is 16.3. The first-order valence-electron chi connectivity index (χ1n) is 5.91. The first kappa shape index (κ1) is 10.5. The second kappa shape index (κ2) is 4.32. The molecule has 0 fully saturated rings. The van der Waals surface area contributed by atoms with Crippen molar-refractivity contribution in [3.63, 3.8) is 0 Å². The fraction of sp³-hybridized carbons (Fsp3) is 0.200. The van der Waals surface area contributed by atoms with Crippen molar-refractivity contribution in [2.75, 3.05) is 6.54 Å². The van der Waals surface area contributed by atoms with Crippen LogP contribution in [-0.2, 0) is 0 Å². The van der Waals surface area contributed by atoms with Crippen LogP contribution in [0.5, 0.6) is 0 Å². The van der Waals surface area contributed by atoms with E-state index in [1.165, 1.54) is 11.1 Å². The van der Waals surface area contributed by atoms with E-state index in [0.29, 0.717) is 6.54 Å². The molecule has 2 nitrogen and oxygen atoms in total.